The van der Waals surface area contributed by atoms with Gasteiger partial charge in [0.2, 0.25) is 0 Å². The third-order valence-electron chi connectivity index (χ3n) is 1.66. The fourth-order valence-corrected chi connectivity index (χ4v) is 1.44. The summed E-state index contributed by atoms with van der Waals surface area (Å²) in [6.07, 6.45) is 2.49. The van der Waals surface area contributed by atoms with Gasteiger partial charge in [-0.15, -0.1) is 0 Å². The summed E-state index contributed by atoms with van der Waals surface area (Å²) in [5.41, 5.74) is 0.223. The number of carbonyl (C=O) groups is 1. The van der Waals surface area contributed by atoms with E-state index in [0.717, 1.165) is 6.20 Å². The van der Waals surface area contributed by atoms with Crippen molar-refractivity contribution in [3.63, 3.8) is 0 Å². The van der Waals surface area contributed by atoms with Gasteiger partial charge in [-0.3, -0.25) is 0 Å². The summed E-state index contributed by atoms with van der Waals surface area (Å²) < 4.78 is 1.17. The van der Waals surface area contributed by atoms with Crippen LogP contribution in [0.3, 0.4) is 0 Å². The Bertz CT molecular complexity index is 523. The fourth-order valence-electron chi connectivity index (χ4n) is 1.02. The smallest absolute Gasteiger partial charge is 0.340 e. The lowest BCUT2D eigenvalue weighted by Crippen LogP contribution is -2.03. The molecule has 0 fully saturated rings. The number of fused-ring (bicyclic) bond motifs is 1. The van der Waals surface area contributed by atoms with E-state index in [-0.39, 0.29) is 10.7 Å². The molecule has 0 aliphatic heterocycles. The molecule has 0 radical (unpaired) electrons. The molecule has 0 aromatic carbocycles. The zero-order valence-corrected chi connectivity index (χ0v) is 8.12. The Morgan fingerprint density at radius 1 is 1.43 bits per heavy atom. The van der Waals surface area contributed by atoms with E-state index in [4.69, 9.17) is 28.3 Å². The Hall–Kier alpha value is -1.33. The Kier molecular flexibility index (Phi) is 2.05. The first-order valence-corrected chi connectivity index (χ1v) is 4.28. The number of rotatable bonds is 1. The highest BCUT2D eigenvalue weighted by Gasteiger charge is 2.14. The van der Waals surface area contributed by atoms with Crippen LogP contribution in [0.25, 0.3) is 5.65 Å². The molecule has 0 aliphatic rings. The van der Waals surface area contributed by atoms with Gasteiger partial charge in [-0.1, -0.05) is 23.2 Å². The van der Waals surface area contributed by atoms with Crippen molar-refractivity contribution in [3.05, 3.63) is 28.1 Å². The normalized spacial score (nSPS) is 10.7. The molecule has 72 valence electrons. The molecule has 2 rings (SSSR count). The summed E-state index contributed by atoms with van der Waals surface area (Å²) in [5.74, 6) is -1.16. The van der Waals surface area contributed by atoms with Crippen LogP contribution in [-0.2, 0) is 0 Å². The molecule has 1 N–H and O–H groups in total. The molecule has 0 saturated carbocycles. The van der Waals surface area contributed by atoms with E-state index in [1.807, 2.05) is 0 Å². The number of carboxylic acids is 1. The molecule has 0 spiro atoms. The van der Waals surface area contributed by atoms with Gasteiger partial charge in [-0.2, -0.15) is 5.10 Å². The van der Waals surface area contributed by atoms with Gasteiger partial charge in [0, 0.05) is 6.20 Å². The van der Waals surface area contributed by atoms with Crippen molar-refractivity contribution < 1.29 is 9.90 Å². The number of halogens is 2. The monoisotopic (exact) mass is 231 g/mol. The summed E-state index contributed by atoms with van der Waals surface area (Å²) in [6.45, 7) is 0. The van der Waals surface area contributed by atoms with Crippen molar-refractivity contribution in [1.29, 1.82) is 0 Å². The second kappa shape index (κ2) is 3.11. The molecule has 14 heavy (non-hydrogen) atoms. The predicted octanol–water partition coefficient (Wildman–Crippen LogP) is 1.73. The van der Waals surface area contributed by atoms with E-state index < -0.39 is 5.97 Å². The summed E-state index contributed by atoms with van der Waals surface area (Å²) >= 11 is 11.5. The molecule has 0 atom stereocenters. The van der Waals surface area contributed by atoms with Gasteiger partial charge in [0.1, 0.15) is 15.7 Å². The number of hydrogen-bond acceptors (Lipinski definition) is 3. The summed E-state index contributed by atoms with van der Waals surface area (Å²) in [6, 6.07) is 0. The van der Waals surface area contributed by atoms with Crippen molar-refractivity contribution >= 4 is 34.8 Å². The van der Waals surface area contributed by atoms with Crippen molar-refractivity contribution in [2.24, 2.45) is 0 Å². The molecule has 0 bridgehead atoms. The molecule has 0 amide bonds. The van der Waals surface area contributed by atoms with Crippen LogP contribution >= 0.6 is 23.2 Å². The lowest BCUT2D eigenvalue weighted by molar-refractivity contribution is 0.0696. The molecular formula is C7H3Cl2N3O2. The minimum absolute atomic E-state index is 0.0191. The van der Waals surface area contributed by atoms with Crippen molar-refractivity contribution in [1.82, 2.24) is 14.6 Å². The standard InChI is InChI=1S/C7H3Cl2N3O2/c8-4-2-11-12-5(9)3(7(13)14)1-10-6(4)12/h1-2H,(H,13,14). The summed E-state index contributed by atoms with van der Waals surface area (Å²) in [5, 5.41) is 12.8. The Morgan fingerprint density at radius 2 is 2.14 bits per heavy atom. The van der Waals surface area contributed by atoms with Crippen molar-refractivity contribution in [2.45, 2.75) is 0 Å². The van der Waals surface area contributed by atoms with Crippen LogP contribution in [0.15, 0.2) is 12.4 Å². The van der Waals surface area contributed by atoms with E-state index in [9.17, 15) is 4.79 Å². The van der Waals surface area contributed by atoms with Gasteiger partial charge in [-0.05, 0) is 0 Å². The predicted molar refractivity (Wildman–Crippen MR) is 50.0 cm³/mol. The number of aromatic nitrogens is 3. The maximum Gasteiger partial charge on any atom is 0.340 e. The molecule has 0 aliphatic carbocycles. The molecule has 2 aromatic heterocycles. The Morgan fingerprint density at radius 3 is 2.79 bits per heavy atom. The van der Waals surface area contributed by atoms with Crippen LogP contribution in [0.2, 0.25) is 10.2 Å². The van der Waals surface area contributed by atoms with Crippen LogP contribution in [0.4, 0.5) is 0 Å². The SMILES string of the molecule is O=C(O)c1cnc2c(Cl)cnn2c1Cl. The van der Waals surface area contributed by atoms with E-state index >= 15 is 0 Å². The molecular weight excluding hydrogens is 229 g/mol. The van der Waals surface area contributed by atoms with E-state index in [0.29, 0.717) is 10.7 Å². The number of aromatic carboxylic acids is 1. The number of hydrogen-bond donors (Lipinski definition) is 1. The lowest BCUT2D eigenvalue weighted by Gasteiger charge is -1.99. The highest BCUT2D eigenvalue weighted by molar-refractivity contribution is 6.35. The average molecular weight is 232 g/mol. The number of carboxylic acid groups (broad SMARTS) is 1. The summed E-state index contributed by atoms with van der Waals surface area (Å²) in [4.78, 5) is 14.5. The minimum atomic E-state index is -1.16. The van der Waals surface area contributed by atoms with Gasteiger partial charge >= 0.3 is 5.97 Å². The average Bonchev–Trinajstić information content (AvgIpc) is 2.49. The van der Waals surface area contributed by atoms with E-state index in [2.05, 4.69) is 10.1 Å². The van der Waals surface area contributed by atoms with Crippen LogP contribution in [0.5, 0.6) is 0 Å². The Balaban J connectivity index is 2.82. The van der Waals surface area contributed by atoms with Gasteiger partial charge in [-0.25, -0.2) is 14.3 Å². The van der Waals surface area contributed by atoms with E-state index in [1.54, 1.807) is 0 Å². The van der Waals surface area contributed by atoms with Crippen molar-refractivity contribution in [2.75, 3.05) is 0 Å². The first-order valence-electron chi connectivity index (χ1n) is 3.52. The third-order valence-corrected chi connectivity index (χ3v) is 2.29. The van der Waals surface area contributed by atoms with Crippen LogP contribution in [-0.4, -0.2) is 25.7 Å². The molecule has 0 unspecified atom stereocenters. The first-order chi connectivity index (χ1) is 6.61. The maximum atomic E-state index is 10.7. The zero-order valence-electron chi connectivity index (χ0n) is 6.61. The number of nitrogens with zero attached hydrogens (tertiary/aromatic N) is 3. The first kappa shape index (κ1) is 9.23. The molecule has 0 saturated heterocycles. The largest absolute Gasteiger partial charge is 0.478 e. The van der Waals surface area contributed by atoms with Gasteiger partial charge in [0.05, 0.1) is 6.20 Å². The second-order valence-electron chi connectivity index (χ2n) is 2.50. The topological polar surface area (TPSA) is 67.5 Å². The second-order valence-corrected chi connectivity index (χ2v) is 3.26. The maximum absolute atomic E-state index is 10.7. The zero-order chi connectivity index (χ0) is 10.3. The Labute approximate surface area is 87.9 Å². The molecule has 7 heteroatoms. The molecule has 2 aromatic rings. The lowest BCUT2D eigenvalue weighted by atomic mass is 10.3. The van der Waals surface area contributed by atoms with Crippen LogP contribution in [0, 0.1) is 0 Å². The fraction of sp³-hybridized carbons (Fsp3) is 0. The van der Waals surface area contributed by atoms with Crippen LogP contribution < -0.4 is 0 Å². The quantitative estimate of drug-likeness (QED) is 0.760. The highest BCUT2D eigenvalue weighted by Crippen LogP contribution is 2.21. The molecule has 5 nitrogen and oxygen atoms in total. The van der Waals surface area contributed by atoms with Crippen molar-refractivity contribution in [3.8, 4) is 0 Å². The van der Waals surface area contributed by atoms with Gasteiger partial charge in [0.25, 0.3) is 0 Å². The third kappa shape index (κ3) is 1.21. The molecule has 2 heterocycles. The summed E-state index contributed by atoms with van der Waals surface area (Å²) in [7, 11) is 0. The highest BCUT2D eigenvalue weighted by atomic mass is 35.5. The minimum Gasteiger partial charge on any atom is -0.478 e. The van der Waals surface area contributed by atoms with Crippen LogP contribution in [0.1, 0.15) is 10.4 Å². The van der Waals surface area contributed by atoms with Gasteiger partial charge in [0.15, 0.2) is 5.65 Å². The van der Waals surface area contributed by atoms with Gasteiger partial charge < -0.3 is 5.11 Å². The van der Waals surface area contributed by atoms with E-state index in [1.165, 1.54) is 10.7 Å².